The van der Waals surface area contributed by atoms with Crippen LogP contribution in [0.2, 0.25) is 0 Å². The Morgan fingerprint density at radius 1 is 1.60 bits per heavy atom. The first-order chi connectivity index (χ1) is 4.72. The summed E-state index contributed by atoms with van der Waals surface area (Å²) in [6.07, 6.45) is 0. The van der Waals surface area contributed by atoms with Crippen LogP contribution >= 0.6 is 0 Å². The van der Waals surface area contributed by atoms with Crippen LogP contribution in [-0.4, -0.2) is 4.98 Å². The van der Waals surface area contributed by atoms with Crippen molar-refractivity contribution in [1.29, 1.82) is 0 Å². The summed E-state index contributed by atoms with van der Waals surface area (Å²) in [4.78, 5) is 13.6. The van der Waals surface area contributed by atoms with Gasteiger partial charge in [-0.25, -0.2) is 5.84 Å². The maximum absolute atomic E-state index is 10.8. The molecule has 0 radical (unpaired) electrons. The molecule has 4 nitrogen and oxygen atoms in total. The molecule has 0 aliphatic heterocycles. The fourth-order valence-electron chi connectivity index (χ4n) is 0.760. The first kappa shape index (κ1) is 6.82. The highest BCUT2D eigenvalue weighted by Gasteiger charge is 1.90. The maximum atomic E-state index is 10.8. The van der Waals surface area contributed by atoms with E-state index < -0.39 is 0 Å². The lowest BCUT2D eigenvalue weighted by atomic mass is 10.4. The van der Waals surface area contributed by atoms with Crippen LogP contribution in [0.5, 0.6) is 0 Å². The molecule has 0 amide bonds. The van der Waals surface area contributed by atoms with Gasteiger partial charge in [0.15, 0.2) is 5.43 Å². The summed E-state index contributed by atoms with van der Waals surface area (Å²) in [6, 6.07) is 2.90. The lowest BCUT2D eigenvalue weighted by Gasteiger charge is -1.99. The van der Waals surface area contributed by atoms with Gasteiger partial charge >= 0.3 is 0 Å². The van der Waals surface area contributed by atoms with Crippen LogP contribution in [0.15, 0.2) is 16.9 Å². The van der Waals surface area contributed by atoms with E-state index in [9.17, 15) is 4.79 Å². The number of rotatable bonds is 1. The molecule has 0 aliphatic carbocycles. The molecule has 0 saturated carbocycles. The van der Waals surface area contributed by atoms with Crippen molar-refractivity contribution in [1.82, 2.24) is 4.98 Å². The Labute approximate surface area is 58.0 Å². The molecule has 10 heavy (non-hydrogen) atoms. The summed E-state index contributed by atoms with van der Waals surface area (Å²) in [5, 5.41) is 0. The van der Waals surface area contributed by atoms with E-state index in [2.05, 4.69) is 10.4 Å². The average molecular weight is 139 g/mol. The third kappa shape index (κ3) is 1.35. The summed E-state index contributed by atoms with van der Waals surface area (Å²) in [5.74, 6) is 5.60. The van der Waals surface area contributed by atoms with E-state index in [1.54, 1.807) is 6.92 Å². The lowest BCUT2D eigenvalue weighted by molar-refractivity contribution is 1.15. The van der Waals surface area contributed by atoms with E-state index in [1.807, 2.05) is 0 Å². The number of aromatic nitrogens is 1. The van der Waals surface area contributed by atoms with Gasteiger partial charge < -0.3 is 10.4 Å². The standard InChI is InChI=1S/C6H9N3O/c1-4-2-5(10)3-6(8-4)9-7/h2-3H,7H2,1H3,(H2,8,9,10). The highest BCUT2D eigenvalue weighted by molar-refractivity contribution is 5.33. The second-order valence-corrected chi connectivity index (χ2v) is 2.06. The maximum Gasteiger partial charge on any atom is 0.184 e. The predicted molar refractivity (Wildman–Crippen MR) is 39.6 cm³/mol. The first-order valence-electron chi connectivity index (χ1n) is 2.90. The molecule has 4 N–H and O–H groups in total. The van der Waals surface area contributed by atoms with Gasteiger partial charge in [0.25, 0.3) is 0 Å². The molecule has 0 atom stereocenters. The molecule has 1 rings (SSSR count). The zero-order valence-corrected chi connectivity index (χ0v) is 5.64. The van der Waals surface area contributed by atoms with Crippen molar-refractivity contribution < 1.29 is 0 Å². The summed E-state index contributed by atoms with van der Waals surface area (Å²) >= 11 is 0. The Morgan fingerprint density at radius 2 is 2.30 bits per heavy atom. The van der Waals surface area contributed by atoms with Gasteiger partial charge in [-0.1, -0.05) is 0 Å². The monoisotopic (exact) mass is 139 g/mol. The van der Waals surface area contributed by atoms with Crippen LogP contribution in [0.3, 0.4) is 0 Å². The normalized spacial score (nSPS) is 9.40. The molecule has 0 fully saturated rings. The minimum absolute atomic E-state index is 0.0517. The number of pyridine rings is 1. The quantitative estimate of drug-likeness (QED) is 0.378. The molecule has 0 aromatic carbocycles. The number of hydrazine groups is 1. The van der Waals surface area contributed by atoms with Crippen molar-refractivity contribution in [3.05, 3.63) is 28.0 Å². The van der Waals surface area contributed by atoms with Crippen LogP contribution in [-0.2, 0) is 0 Å². The topological polar surface area (TPSA) is 70.9 Å². The molecule has 0 saturated heterocycles. The van der Waals surface area contributed by atoms with Gasteiger partial charge in [0.05, 0.1) is 0 Å². The SMILES string of the molecule is Cc1cc(=O)cc(NN)[nH]1. The first-order valence-corrected chi connectivity index (χ1v) is 2.90. The smallest absolute Gasteiger partial charge is 0.184 e. The summed E-state index contributed by atoms with van der Waals surface area (Å²) in [6.45, 7) is 1.79. The van der Waals surface area contributed by atoms with Crippen molar-refractivity contribution in [2.45, 2.75) is 6.92 Å². The summed E-state index contributed by atoms with van der Waals surface area (Å²) in [5.41, 5.74) is 3.09. The highest BCUT2D eigenvalue weighted by atomic mass is 16.1. The Kier molecular flexibility index (Phi) is 1.73. The fourth-order valence-corrected chi connectivity index (χ4v) is 0.760. The molecule has 0 unspecified atom stereocenters. The summed E-state index contributed by atoms with van der Waals surface area (Å²) in [7, 11) is 0. The molecule has 54 valence electrons. The van der Waals surface area contributed by atoms with Gasteiger partial charge in [0.2, 0.25) is 0 Å². The number of nitrogens with two attached hydrogens (primary N) is 1. The van der Waals surface area contributed by atoms with Crippen LogP contribution in [0.4, 0.5) is 5.82 Å². The van der Waals surface area contributed by atoms with Crippen molar-refractivity contribution in [3.63, 3.8) is 0 Å². The number of aryl methyl sites for hydroxylation is 1. The van der Waals surface area contributed by atoms with Gasteiger partial charge in [-0.3, -0.25) is 4.79 Å². The molecule has 1 heterocycles. The highest BCUT2D eigenvalue weighted by Crippen LogP contribution is 1.95. The van der Waals surface area contributed by atoms with E-state index in [0.29, 0.717) is 5.82 Å². The number of nitrogen functional groups attached to an aromatic ring is 1. The van der Waals surface area contributed by atoms with E-state index in [0.717, 1.165) is 5.69 Å². The van der Waals surface area contributed by atoms with Crippen molar-refractivity contribution in [3.8, 4) is 0 Å². The number of nitrogens with one attached hydrogen (secondary N) is 2. The van der Waals surface area contributed by atoms with Gasteiger partial charge in [-0.15, -0.1) is 0 Å². The fraction of sp³-hybridized carbons (Fsp3) is 0.167. The Morgan fingerprint density at radius 3 is 2.80 bits per heavy atom. The van der Waals surface area contributed by atoms with Gasteiger partial charge in [0.1, 0.15) is 5.82 Å². The molecule has 1 aromatic rings. The molecule has 4 heteroatoms. The Hall–Kier alpha value is -1.29. The Balaban J connectivity index is 3.19. The van der Waals surface area contributed by atoms with Crippen LogP contribution in [0, 0.1) is 6.92 Å². The Bertz CT molecular complexity index is 279. The number of hydrogen-bond acceptors (Lipinski definition) is 3. The van der Waals surface area contributed by atoms with E-state index in [1.165, 1.54) is 12.1 Å². The second-order valence-electron chi connectivity index (χ2n) is 2.06. The number of anilines is 1. The van der Waals surface area contributed by atoms with E-state index in [-0.39, 0.29) is 5.43 Å². The van der Waals surface area contributed by atoms with Crippen LogP contribution < -0.4 is 16.7 Å². The summed E-state index contributed by atoms with van der Waals surface area (Å²) < 4.78 is 0. The molecule has 0 aliphatic rings. The van der Waals surface area contributed by atoms with E-state index >= 15 is 0 Å². The third-order valence-electron chi connectivity index (χ3n) is 1.13. The third-order valence-corrected chi connectivity index (χ3v) is 1.13. The largest absolute Gasteiger partial charge is 0.345 e. The molecule has 1 aromatic heterocycles. The number of hydrogen-bond donors (Lipinski definition) is 3. The van der Waals surface area contributed by atoms with Crippen molar-refractivity contribution in [2.75, 3.05) is 5.43 Å². The van der Waals surface area contributed by atoms with E-state index in [4.69, 9.17) is 5.84 Å². The van der Waals surface area contributed by atoms with Crippen molar-refractivity contribution in [2.24, 2.45) is 5.84 Å². The zero-order chi connectivity index (χ0) is 7.56. The minimum atomic E-state index is -0.0517. The molecule has 0 spiro atoms. The van der Waals surface area contributed by atoms with Crippen LogP contribution in [0.25, 0.3) is 0 Å². The number of aromatic amines is 1. The lowest BCUT2D eigenvalue weighted by Crippen LogP contribution is -2.12. The molecule has 0 bridgehead atoms. The predicted octanol–water partition coefficient (Wildman–Crippen LogP) is -0.0311. The molecular formula is C6H9N3O. The van der Waals surface area contributed by atoms with Gasteiger partial charge in [-0.2, -0.15) is 0 Å². The number of H-pyrrole nitrogens is 1. The molecular weight excluding hydrogens is 130 g/mol. The van der Waals surface area contributed by atoms with Gasteiger partial charge in [0, 0.05) is 17.8 Å². The average Bonchev–Trinajstić information content (AvgIpc) is 1.85. The van der Waals surface area contributed by atoms with Crippen LogP contribution in [0.1, 0.15) is 5.69 Å². The minimum Gasteiger partial charge on any atom is -0.345 e. The van der Waals surface area contributed by atoms with Gasteiger partial charge in [-0.05, 0) is 6.92 Å². The second kappa shape index (κ2) is 2.53. The zero-order valence-electron chi connectivity index (χ0n) is 5.64. The van der Waals surface area contributed by atoms with Crippen molar-refractivity contribution >= 4 is 5.82 Å².